The first-order chi connectivity index (χ1) is 12.3. The molecule has 0 unspecified atom stereocenters. The zero-order valence-electron chi connectivity index (χ0n) is 13.6. The van der Waals surface area contributed by atoms with E-state index >= 15 is 0 Å². The lowest BCUT2D eigenvalue weighted by molar-refractivity contribution is 0.0955. The number of rotatable bonds is 5. The third kappa shape index (κ3) is 4.19. The maximum atomic E-state index is 12.5. The van der Waals surface area contributed by atoms with Crippen molar-refractivity contribution in [3.63, 3.8) is 0 Å². The van der Waals surface area contributed by atoms with E-state index in [2.05, 4.69) is 10.3 Å². The van der Waals surface area contributed by atoms with Crippen LogP contribution in [0.1, 0.15) is 15.9 Å². The Balaban J connectivity index is 1.68. The van der Waals surface area contributed by atoms with E-state index in [1.165, 1.54) is 12.1 Å². The third-order valence-corrected chi connectivity index (χ3v) is 5.01. The number of hydrogen-bond donors (Lipinski definition) is 2. The van der Waals surface area contributed by atoms with Crippen molar-refractivity contribution in [2.75, 3.05) is 6.54 Å². The maximum absolute atomic E-state index is 12.5. The van der Waals surface area contributed by atoms with E-state index in [0.717, 1.165) is 10.9 Å². The second-order valence-electron chi connectivity index (χ2n) is 5.72. The van der Waals surface area contributed by atoms with Crippen LogP contribution < -0.4 is 10.5 Å². The molecule has 0 aliphatic carbocycles. The van der Waals surface area contributed by atoms with Crippen LogP contribution in [-0.4, -0.2) is 25.9 Å². The summed E-state index contributed by atoms with van der Waals surface area (Å²) in [6.07, 6.45) is 2.17. The van der Waals surface area contributed by atoms with E-state index in [4.69, 9.17) is 16.7 Å². The van der Waals surface area contributed by atoms with Crippen molar-refractivity contribution in [3.8, 4) is 0 Å². The van der Waals surface area contributed by atoms with Crippen LogP contribution in [0.15, 0.2) is 59.6 Å². The van der Waals surface area contributed by atoms with E-state index in [0.29, 0.717) is 29.1 Å². The number of fused-ring (bicyclic) bond motifs is 1. The molecule has 0 spiro atoms. The first kappa shape index (κ1) is 18.3. The molecule has 0 fully saturated rings. The number of nitrogens with two attached hydrogens (primary N) is 1. The molecule has 8 heteroatoms. The molecule has 3 N–H and O–H groups in total. The van der Waals surface area contributed by atoms with Crippen LogP contribution in [0.3, 0.4) is 0 Å². The van der Waals surface area contributed by atoms with Gasteiger partial charge in [0, 0.05) is 23.2 Å². The van der Waals surface area contributed by atoms with Gasteiger partial charge >= 0.3 is 0 Å². The zero-order valence-corrected chi connectivity index (χ0v) is 15.2. The molecule has 26 heavy (non-hydrogen) atoms. The summed E-state index contributed by atoms with van der Waals surface area (Å²) in [6.45, 7) is 0.383. The molecular formula is C18H16ClN3O3S. The number of primary sulfonamides is 1. The minimum Gasteiger partial charge on any atom is -0.352 e. The number of aromatic nitrogens is 1. The largest absolute Gasteiger partial charge is 0.352 e. The van der Waals surface area contributed by atoms with Crippen molar-refractivity contribution in [3.05, 3.63) is 70.9 Å². The van der Waals surface area contributed by atoms with Crippen LogP contribution in [0.5, 0.6) is 0 Å². The van der Waals surface area contributed by atoms with Gasteiger partial charge in [-0.1, -0.05) is 29.8 Å². The minimum absolute atomic E-state index is 0.0572. The highest BCUT2D eigenvalue weighted by Gasteiger charge is 2.12. The summed E-state index contributed by atoms with van der Waals surface area (Å²) in [5, 5.41) is 9.16. The highest BCUT2D eigenvalue weighted by molar-refractivity contribution is 7.89. The van der Waals surface area contributed by atoms with E-state index in [9.17, 15) is 13.2 Å². The number of carbonyl (C=O) groups excluding carboxylic acids is 1. The summed E-state index contributed by atoms with van der Waals surface area (Å²) in [4.78, 5) is 16.8. The SMILES string of the molecule is NS(=O)(=O)c1ccc(CCNC(=O)c2cc(Cl)cc3cccnc23)cc1. The highest BCUT2D eigenvalue weighted by Crippen LogP contribution is 2.22. The van der Waals surface area contributed by atoms with Gasteiger partial charge in [0.1, 0.15) is 0 Å². The fourth-order valence-corrected chi connectivity index (χ4v) is 3.33. The summed E-state index contributed by atoms with van der Waals surface area (Å²) >= 11 is 6.08. The Kier molecular flexibility index (Phi) is 5.22. The van der Waals surface area contributed by atoms with Gasteiger partial charge in [0.2, 0.25) is 10.0 Å². The topological polar surface area (TPSA) is 102 Å². The molecule has 0 saturated heterocycles. The van der Waals surface area contributed by atoms with Gasteiger partial charge in [-0.15, -0.1) is 0 Å². The van der Waals surface area contributed by atoms with E-state index < -0.39 is 10.0 Å². The second kappa shape index (κ2) is 7.41. The molecule has 3 rings (SSSR count). The average Bonchev–Trinajstić information content (AvgIpc) is 2.60. The molecule has 1 aromatic heterocycles. The normalized spacial score (nSPS) is 11.5. The molecule has 134 valence electrons. The quantitative estimate of drug-likeness (QED) is 0.699. The first-order valence-corrected chi connectivity index (χ1v) is 9.71. The van der Waals surface area contributed by atoms with Crippen LogP contribution in [0.25, 0.3) is 10.9 Å². The Morgan fingerprint density at radius 3 is 2.58 bits per heavy atom. The van der Waals surface area contributed by atoms with Gasteiger partial charge in [-0.3, -0.25) is 9.78 Å². The summed E-state index contributed by atoms with van der Waals surface area (Å²) in [6, 6.07) is 13.2. The standard InChI is InChI=1S/C18H16ClN3O3S/c19-14-10-13-2-1-8-21-17(13)16(11-14)18(23)22-9-7-12-3-5-15(6-4-12)26(20,24)25/h1-6,8,10-11H,7,9H2,(H,22,23)(H2,20,24,25). The van der Waals surface area contributed by atoms with Crippen LogP contribution in [-0.2, 0) is 16.4 Å². The number of benzene rings is 2. The number of pyridine rings is 1. The minimum atomic E-state index is -3.70. The average molecular weight is 390 g/mol. The maximum Gasteiger partial charge on any atom is 0.253 e. The monoisotopic (exact) mass is 389 g/mol. The Bertz CT molecular complexity index is 1070. The summed E-state index contributed by atoms with van der Waals surface area (Å²) < 4.78 is 22.5. The van der Waals surface area contributed by atoms with Crippen molar-refractivity contribution in [2.24, 2.45) is 5.14 Å². The van der Waals surface area contributed by atoms with Gasteiger partial charge in [-0.05, 0) is 42.3 Å². The molecular weight excluding hydrogens is 374 g/mol. The summed E-state index contributed by atoms with van der Waals surface area (Å²) in [7, 11) is -3.70. The lowest BCUT2D eigenvalue weighted by atomic mass is 10.1. The van der Waals surface area contributed by atoms with Crippen molar-refractivity contribution in [1.29, 1.82) is 0 Å². The Morgan fingerprint density at radius 1 is 1.15 bits per heavy atom. The predicted molar refractivity (Wildman–Crippen MR) is 101 cm³/mol. The molecule has 3 aromatic rings. The summed E-state index contributed by atoms with van der Waals surface area (Å²) in [5.74, 6) is -0.266. The molecule has 2 aromatic carbocycles. The molecule has 1 amide bonds. The molecule has 0 aliphatic rings. The van der Waals surface area contributed by atoms with Crippen molar-refractivity contribution < 1.29 is 13.2 Å². The number of nitrogens with one attached hydrogen (secondary N) is 1. The van der Waals surface area contributed by atoms with Crippen LogP contribution >= 0.6 is 11.6 Å². The molecule has 6 nitrogen and oxygen atoms in total. The van der Waals surface area contributed by atoms with Crippen molar-refractivity contribution >= 4 is 38.4 Å². The van der Waals surface area contributed by atoms with Crippen LogP contribution in [0.4, 0.5) is 0 Å². The van der Waals surface area contributed by atoms with Gasteiger partial charge in [0.15, 0.2) is 0 Å². The fraction of sp³-hybridized carbons (Fsp3) is 0.111. The second-order valence-corrected chi connectivity index (χ2v) is 7.72. The van der Waals surface area contributed by atoms with Crippen LogP contribution in [0.2, 0.25) is 5.02 Å². The third-order valence-electron chi connectivity index (χ3n) is 3.87. The Morgan fingerprint density at radius 2 is 1.88 bits per heavy atom. The van der Waals surface area contributed by atoms with Gasteiger partial charge in [0.05, 0.1) is 16.0 Å². The number of hydrogen-bond acceptors (Lipinski definition) is 4. The van der Waals surface area contributed by atoms with Gasteiger partial charge < -0.3 is 5.32 Å². The number of carbonyl (C=O) groups is 1. The number of halogens is 1. The lowest BCUT2D eigenvalue weighted by Gasteiger charge is -2.09. The highest BCUT2D eigenvalue weighted by atomic mass is 35.5. The van der Waals surface area contributed by atoms with Gasteiger partial charge in [0.25, 0.3) is 5.91 Å². The van der Waals surface area contributed by atoms with Gasteiger partial charge in [-0.25, -0.2) is 13.6 Å². The molecule has 0 saturated carbocycles. The zero-order chi connectivity index (χ0) is 18.7. The number of amides is 1. The smallest absolute Gasteiger partial charge is 0.253 e. The Hall–Kier alpha value is -2.48. The fourth-order valence-electron chi connectivity index (χ4n) is 2.59. The van der Waals surface area contributed by atoms with Crippen molar-refractivity contribution in [2.45, 2.75) is 11.3 Å². The van der Waals surface area contributed by atoms with Crippen molar-refractivity contribution in [1.82, 2.24) is 10.3 Å². The Labute approximate surface area is 156 Å². The number of nitrogens with zero attached hydrogens (tertiary/aromatic N) is 1. The predicted octanol–water partition coefficient (Wildman–Crippen LogP) is 2.51. The summed E-state index contributed by atoms with van der Waals surface area (Å²) in [5.41, 5.74) is 1.89. The van der Waals surface area contributed by atoms with E-state index in [1.807, 2.05) is 6.07 Å². The van der Waals surface area contributed by atoms with Crippen LogP contribution in [0, 0.1) is 0 Å². The molecule has 0 bridgehead atoms. The lowest BCUT2D eigenvalue weighted by Crippen LogP contribution is -2.26. The molecule has 1 heterocycles. The first-order valence-electron chi connectivity index (χ1n) is 7.79. The van der Waals surface area contributed by atoms with Gasteiger partial charge in [-0.2, -0.15) is 0 Å². The number of sulfonamides is 1. The van der Waals surface area contributed by atoms with E-state index in [-0.39, 0.29) is 10.8 Å². The molecule has 0 atom stereocenters. The molecule has 0 radical (unpaired) electrons. The molecule has 0 aliphatic heterocycles. The van der Waals surface area contributed by atoms with E-state index in [1.54, 1.807) is 36.5 Å².